The number of likely N-dealkylation sites (tertiary alicyclic amines) is 1. The van der Waals surface area contributed by atoms with Crippen LogP contribution in [0.25, 0.3) is 0 Å². The van der Waals surface area contributed by atoms with Crippen LogP contribution in [-0.2, 0) is 0 Å². The fourth-order valence-electron chi connectivity index (χ4n) is 2.38. The second-order valence-electron chi connectivity index (χ2n) is 5.73. The molecule has 0 spiro atoms. The quantitative estimate of drug-likeness (QED) is 0.867. The van der Waals surface area contributed by atoms with E-state index in [1.807, 2.05) is 13.8 Å². The summed E-state index contributed by atoms with van der Waals surface area (Å²) in [6, 6.07) is 2.93. The summed E-state index contributed by atoms with van der Waals surface area (Å²) in [6.07, 6.45) is 0.662. The number of hydrogen-bond donors (Lipinski definition) is 1. The van der Waals surface area contributed by atoms with E-state index in [-0.39, 0.29) is 29.4 Å². The van der Waals surface area contributed by atoms with Crippen LogP contribution in [-0.4, -0.2) is 29.9 Å². The van der Waals surface area contributed by atoms with Crippen molar-refractivity contribution in [3.63, 3.8) is 0 Å². The average Bonchev–Trinajstić information content (AvgIpc) is 2.35. The van der Waals surface area contributed by atoms with Gasteiger partial charge in [0.2, 0.25) is 0 Å². The summed E-state index contributed by atoms with van der Waals surface area (Å²) in [5, 5.41) is 0. The van der Waals surface area contributed by atoms with Crippen molar-refractivity contribution in [3.05, 3.63) is 35.4 Å². The Kier molecular flexibility index (Phi) is 5.10. The van der Waals surface area contributed by atoms with Gasteiger partial charge in [0.1, 0.15) is 11.6 Å². The van der Waals surface area contributed by atoms with Crippen molar-refractivity contribution in [2.45, 2.75) is 26.3 Å². The number of carbonyl (C=O) groups is 1. The van der Waals surface area contributed by atoms with Gasteiger partial charge in [-0.3, -0.25) is 4.79 Å². The molecular formula is C14H19ClF2N2O. The van der Waals surface area contributed by atoms with Crippen LogP contribution in [0, 0.1) is 17.0 Å². The van der Waals surface area contributed by atoms with Crippen molar-refractivity contribution in [3.8, 4) is 0 Å². The van der Waals surface area contributed by atoms with Crippen LogP contribution < -0.4 is 5.73 Å². The molecule has 1 amide bonds. The number of nitrogens with zero attached hydrogens (tertiary/aromatic N) is 1. The molecule has 1 atom stereocenters. The molecule has 1 unspecified atom stereocenters. The van der Waals surface area contributed by atoms with Gasteiger partial charge in [-0.2, -0.15) is 0 Å². The zero-order chi connectivity index (χ0) is 14.2. The molecule has 0 aliphatic carbocycles. The zero-order valence-corrected chi connectivity index (χ0v) is 12.3. The number of rotatable bonds is 1. The maximum absolute atomic E-state index is 13.6. The number of piperidine rings is 1. The zero-order valence-electron chi connectivity index (χ0n) is 11.5. The summed E-state index contributed by atoms with van der Waals surface area (Å²) in [5.74, 6) is -1.78. The Morgan fingerprint density at radius 1 is 1.40 bits per heavy atom. The second kappa shape index (κ2) is 6.06. The lowest BCUT2D eigenvalue weighted by atomic mass is 9.79. The van der Waals surface area contributed by atoms with Crippen LogP contribution >= 0.6 is 12.4 Å². The Labute approximate surface area is 123 Å². The number of hydrogen-bond acceptors (Lipinski definition) is 2. The van der Waals surface area contributed by atoms with E-state index in [9.17, 15) is 13.6 Å². The maximum atomic E-state index is 13.6. The van der Waals surface area contributed by atoms with Gasteiger partial charge in [-0.25, -0.2) is 8.78 Å². The van der Waals surface area contributed by atoms with Crippen LogP contribution in [0.3, 0.4) is 0 Å². The topological polar surface area (TPSA) is 46.3 Å². The first-order chi connectivity index (χ1) is 8.81. The highest BCUT2D eigenvalue weighted by Crippen LogP contribution is 2.28. The molecule has 112 valence electrons. The first-order valence-electron chi connectivity index (χ1n) is 6.31. The maximum Gasteiger partial charge on any atom is 0.256 e. The Hall–Kier alpha value is -1.20. The third-order valence-corrected chi connectivity index (χ3v) is 3.76. The molecule has 0 bridgehead atoms. The van der Waals surface area contributed by atoms with E-state index in [4.69, 9.17) is 5.73 Å². The SMILES string of the molecule is CC1(C)CN(C(=O)c2cc(F)ccc2F)CCC1N.Cl. The number of nitrogens with two attached hydrogens (primary N) is 1. The van der Waals surface area contributed by atoms with E-state index in [0.29, 0.717) is 19.5 Å². The van der Waals surface area contributed by atoms with E-state index in [0.717, 1.165) is 18.2 Å². The summed E-state index contributed by atoms with van der Waals surface area (Å²) < 4.78 is 26.7. The molecule has 1 fully saturated rings. The van der Waals surface area contributed by atoms with Crippen LogP contribution in [0.5, 0.6) is 0 Å². The molecular weight excluding hydrogens is 286 g/mol. The third kappa shape index (κ3) is 3.27. The summed E-state index contributed by atoms with van der Waals surface area (Å²) in [5.41, 5.74) is 5.55. The Balaban J connectivity index is 0.00000200. The third-order valence-electron chi connectivity index (χ3n) is 3.76. The van der Waals surface area contributed by atoms with Crippen molar-refractivity contribution in [2.75, 3.05) is 13.1 Å². The lowest BCUT2D eigenvalue weighted by Gasteiger charge is -2.42. The van der Waals surface area contributed by atoms with Gasteiger partial charge < -0.3 is 10.6 Å². The minimum atomic E-state index is -0.695. The molecule has 3 nitrogen and oxygen atoms in total. The van der Waals surface area contributed by atoms with Gasteiger partial charge in [-0.1, -0.05) is 13.8 Å². The second-order valence-corrected chi connectivity index (χ2v) is 5.73. The predicted octanol–water partition coefficient (Wildman–Crippen LogP) is 2.59. The number of amides is 1. The van der Waals surface area contributed by atoms with Gasteiger partial charge >= 0.3 is 0 Å². The molecule has 1 aromatic rings. The van der Waals surface area contributed by atoms with Gasteiger partial charge in [-0.15, -0.1) is 12.4 Å². The Morgan fingerprint density at radius 3 is 2.65 bits per heavy atom. The lowest BCUT2D eigenvalue weighted by Crippen LogP contribution is -2.54. The first kappa shape index (κ1) is 16.9. The summed E-state index contributed by atoms with van der Waals surface area (Å²) in [7, 11) is 0. The van der Waals surface area contributed by atoms with Crippen molar-refractivity contribution in [2.24, 2.45) is 11.1 Å². The fraction of sp³-hybridized carbons (Fsp3) is 0.500. The van der Waals surface area contributed by atoms with E-state index < -0.39 is 17.5 Å². The molecule has 1 aromatic carbocycles. The standard InChI is InChI=1S/C14H18F2N2O.ClH/c1-14(2)8-18(6-5-12(14)17)13(19)10-7-9(15)3-4-11(10)16;/h3-4,7,12H,5-6,8,17H2,1-2H3;1H. The van der Waals surface area contributed by atoms with E-state index in [2.05, 4.69) is 0 Å². The molecule has 1 aliphatic heterocycles. The molecule has 0 radical (unpaired) electrons. The molecule has 20 heavy (non-hydrogen) atoms. The van der Waals surface area contributed by atoms with Gasteiger partial charge in [0.05, 0.1) is 5.56 Å². The van der Waals surface area contributed by atoms with Crippen LogP contribution in [0.2, 0.25) is 0 Å². The van der Waals surface area contributed by atoms with Crippen molar-refractivity contribution in [1.29, 1.82) is 0 Å². The van der Waals surface area contributed by atoms with E-state index in [1.54, 1.807) is 4.90 Å². The molecule has 0 aromatic heterocycles. The van der Waals surface area contributed by atoms with Crippen molar-refractivity contribution < 1.29 is 13.6 Å². The van der Waals surface area contributed by atoms with Gasteiger partial charge in [0.25, 0.3) is 5.91 Å². The Morgan fingerprint density at radius 2 is 2.05 bits per heavy atom. The normalized spacial score (nSPS) is 21.2. The van der Waals surface area contributed by atoms with Crippen LogP contribution in [0.1, 0.15) is 30.6 Å². The number of halogens is 3. The number of carbonyl (C=O) groups excluding carboxylic acids is 1. The van der Waals surface area contributed by atoms with Crippen molar-refractivity contribution in [1.82, 2.24) is 4.90 Å². The molecule has 1 aliphatic rings. The predicted molar refractivity (Wildman–Crippen MR) is 75.9 cm³/mol. The van der Waals surface area contributed by atoms with E-state index >= 15 is 0 Å². The molecule has 2 N–H and O–H groups in total. The average molecular weight is 305 g/mol. The van der Waals surface area contributed by atoms with Gasteiger partial charge in [0.15, 0.2) is 0 Å². The molecule has 6 heteroatoms. The number of benzene rings is 1. The fourth-order valence-corrected chi connectivity index (χ4v) is 2.38. The van der Waals surface area contributed by atoms with E-state index in [1.165, 1.54) is 0 Å². The minimum absolute atomic E-state index is 0. The molecule has 2 rings (SSSR count). The minimum Gasteiger partial charge on any atom is -0.338 e. The first-order valence-corrected chi connectivity index (χ1v) is 6.31. The van der Waals surface area contributed by atoms with Crippen molar-refractivity contribution >= 4 is 18.3 Å². The summed E-state index contributed by atoms with van der Waals surface area (Å²) in [4.78, 5) is 13.8. The smallest absolute Gasteiger partial charge is 0.256 e. The highest BCUT2D eigenvalue weighted by molar-refractivity contribution is 5.94. The monoisotopic (exact) mass is 304 g/mol. The van der Waals surface area contributed by atoms with Gasteiger partial charge in [-0.05, 0) is 30.0 Å². The molecule has 1 saturated heterocycles. The highest BCUT2D eigenvalue weighted by Gasteiger charge is 2.36. The van der Waals surface area contributed by atoms with Crippen LogP contribution in [0.4, 0.5) is 8.78 Å². The lowest BCUT2D eigenvalue weighted by molar-refractivity contribution is 0.0528. The van der Waals surface area contributed by atoms with Crippen LogP contribution in [0.15, 0.2) is 18.2 Å². The largest absolute Gasteiger partial charge is 0.338 e. The molecule has 0 saturated carbocycles. The summed E-state index contributed by atoms with van der Waals surface area (Å²) in [6.45, 7) is 4.86. The highest BCUT2D eigenvalue weighted by atomic mass is 35.5. The molecule has 1 heterocycles. The summed E-state index contributed by atoms with van der Waals surface area (Å²) >= 11 is 0. The van der Waals surface area contributed by atoms with Gasteiger partial charge in [0, 0.05) is 19.1 Å². The Bertz CT molecular complexity index is 508.